The number of nitrogens with one attached hydrogen (secondary N) is 1. The lowest BCUT2D eigenvalue weighted by Crippen LogP contribution is -1.97. The first-order valence-electron chi connectivity index (χ1n) is 9.72. The third kappa shape index (κ3) is 4.02. The van der Waals surface area contributed by atoms with Gasteiger partial charge in [-0.25, -0.2) is 9.50 Å². The largest absolute Gasteiger partial charge is 0.495 e. The van der Waals surface area contributed by atoms with Gasteiger partial charge in [-0.15, -0.1) is 0 Å². The Labute approximate surface area is 178 Å². The molecule has 3 heterocycles. The standard InChI is InChI=1S/C24H19N5O2/c1-30-21-13-17(14-25-15-21)22-16-26-29-12-11-23(28-24(22)29)27-18-7-9-20(10-8-18)31-19-5-3-2-4-6-19/h2-16H,1H3,(H,27,28). The van der Waals surface area contributed by atoms with Crippen LogP contribution in [0.1, 0.15) is 0 Å². The highest BCUT2D eigenvalue weighted by Crippen LogP contribution is 2.28. The monoisotopic (exact) mass is 409 g/mol. The van der Waals surface area contributed by atoms with Gasteiger partial charge in [0.2, 0.25) is 0 Å². The summed E-state index contributed by atoms with van der Waals surface area (Å²) in [6.45, 7) is 0. The molecule has 7 nitrogen and oxygen atoms in total. The average Bonchev–Trinajstić information content (AvgIpc) is 3.24. The van der Waals surface area contributed by atoms with E-state index in [0.717, 1.165) is 34.0 Å². The van der Waals surface area contributed by atoms with Crippen LogP contribution >= 0.6 is 0 Å². The van der Waals surface area contributed by atoms with Crippen molar-refractivity contribution in [1.82, 2.24) is 19.6 Å². The summed E-state index contributed by atoms with van der Waals surface area (Å²) in [4.78, 5) is 8.97. The number of rotatable bonds is 6. The third-order valence-electron chi connectivity index (χ3n) is 4.73. The zero-order valence-electron chi connectivity index (χ0n) is 16.8. The zero-order valence-corrected chi connectivity index (χ0v) is 16.8. The second-order valence-corrected chi connectivity index (χ2v) is 6.82. The van der Waals surface area contributed by atoms with E-state index < -0.39 is 0 Å². The second-order valence-electron chi connectivity index (χ2n) is 6.82. The summed E-state index contributed by atoms with van der Waals surface area (Å²) in [5.41, 5.74) is 3.40. The fraction of sp³-hybridized carbons (Fsp3) is 0.0417. The summed E-state index contributed by atoms with van der Waals surface area (Å²) in [5, 5.41) is 7.72. The molecular formula is C24H19N5O2. The van der Waals surface area contributed by atoms with E-state index in [9.17, 15) is 0 Å². The highest BCUT2D eigenvalue weighted by Gasteiger charge is 2.10. The van der Waals surface area contributed by atoms with Crippen LogP contribution in [0.15, 0.2) is 91.5 Å². The summed E-state index contributed by atoms with van der Waals surface area (Å²) in [7, 11) is 1.62. The van der Waals surface area contributed by atoms with Crippen molar-refractivity contribution >= 4 is 17.2 Å². The summed E-state index contributed by atoms with van der Waals surface area (Å²) >= 11 is 0. The average molecular weight is 409 g/mol. The lowest BCUT2D eigenvalue weighted by Gasteiger charge is -2.09. The molecule has 0 aliphatic rings. The van der Waals surface area contributed by atoms with Crippen LogP contribution in [0.2, 0.25) is 0 Å². The number of pyridine rings is 1. The molecule has 0 aliphatic carbocycles. The van der Waals surface area contributed by atoms with E-state index in [-0.39, 0.29) is 0 Å². The first-order valence-corrected chi connectivity index (χ1v) is 9.72. The van der Waals surface area contributed by atoms with E-state index in [1.807, 2.05) is 72.9 Å². The molecule has 0 unspecified atom stereocenters. The highest BCUT2D eigenvalue weighted by molar-refractivity contribution is 5.78. The number of hydrogen-bond acceptors (Lipinski definition) is 6. The molecule has 0 fully saturated rings. The molecule has 0 saturated heterocycles. The minimum Gasteiger partial charge on any atom is -0.495 e. The van der Waals surface area contributed by atoms with Crippen LogP contribution in [0.4, 0.5) is 11.5 Å². The van der Waals surface area contributed by atoms with Crippen LogP contribution in [-0.4, -0.2) is 26.7 Å². The van der Waals surface area contributed by atoms with Crippen molar-refractivity contribution in [3.05, 3.63) is 91.5 Å². The van der Waals surface area contributed by atoms with Crippen molar-refractivity contribution < 1.29 is 9.47 Å². The van der Waals surface area contributed by atoms with Gasteiger partial charge in [0.1, 0.15) is 23.1 Å². The van der Waals surface area contributed by atoms with Gasteiger partial charge in [-0.05, 0) is 48.5 Å². The number of ether oxygens (including phenoxy) is 2. The van der Waals surface area contributed by atoms with E-state index >= 15 is 0 Å². The zero-order chi connectivity index (χ0) is 21.0. The minimum atomic E-state index is 0.684. The third-order valence-corrected chi connectivity index (χ3v) is 4.73. The van der Waals surface area contributed by atoms with Crippen LogP contribution in [0, 0.1) is 0 Å². The number of aromatic nitrogens is 4. The van der Waals surface area contributed by atoms with Gasteiger partial charge in [-0.3, -0.25) is 4.98 Å². The Balaban J connectivity index is 1.38. The lowest BCUT2D eigenvalue weighted by molar-refractivity contribution is 0.413. The fourth-order valence-corrected chi connectivity index (χ4v) is 3.20. The molecular weight excluding hydrogens is 390 g/mol. The Kier molecular flexibility index (Phi) is 4.90. The molecule has 0 saturated carbocycles. The van der Waals surface area contributed by atoms with Gasteiger partial charge in [-0.1, -0.05) is 18.2 Å². The summed E-state index contributed by atoms with van der Waals surface area (Å²) in [5.74, 6) is 2.96. The van der Waals surface area contributed by atoms with Gasteiger partial charge < -0.3 is 14.8 Å². The maximum Gasteiger partial charge on any atom is 0.165 e. The SMILES string of the molecule is COc1cncc(-c2cnn3ccc(Nc4ccc(Oc5ccccc5)cc4)nc23)c1. The molecule has 0 bridgehead atoms. The molecule has 5 rings (SSSR count). The van der Waals surface area contributed by atoms with Gasteiger partial charge in [0.15, 0.2) is 5.65 Å². The molecule has 0 spiro atoms. The van der Waals surface area contributed by atoms with E-state index in [1.54, 1.807) is 30.2 Å². The Bertz CT molecular complexity index is 1320. The Morgan fingerprint density at radius 3 is 2.45 bits per heavy atom. The number of benzene rings is 2. The molecule has 0 radical (unpaired) electrons. The molecule has 0 aliphatic heterocycles. The smallest absolute Gasteiger partial charge is 0.165 e. The molecule has 152 valence electrons. The Hall–Kier alpha value is -4.39. The number of hydrogen-bond donors (Lipinski definition) is 1. The van der Waals surface area contributed by atoms with E-state index in [2.05, 4.69) is 15.4 Å². The van der Waals surface area contributed by atoms with Gasteiger partial charge in [-0.2, -0.15) is 5.10 Å². The quantitative estimate of drug-likeness (QED) is 0.408. The van der Waals surface area contributed by atoms with E-state index in [0.29, 0.717) is 11.6 Å². The maximum atomic E-state index is 5.84. The molecule has 0 atom stereocenters. The van der Waals surface area contributed by atoms with Gasteiger partial charge >= 0.3 is 0 Å². The fourth-order valence-electron chi connectivity index (χ4n) is 3.20. The summed E-state index contributed by atoms with van der Waals surface area (Å²) in [6, 6.07) is 21.2. The van der Waals surface area contributed by atoms with Gasteiger partial charge in [0, 0.05) is 29.2 Å². The number of anilines is 2. The number of para-hydroxylation sites is 1. The highest BCUT2D eigenvalue weighted by atomic mass is 16.5. The molecule has 0 amide bonds. The van der Waals surface area contributed by atoms with Crippen LogP contribution in [0.25, 0.3) is 16.8 Å². The predicted octanol–water partition coefficient (Wildman–Crippen LogP) is 5.34. The first-order chi connectivity index (χ1) is 15.3. The topological polar surface area (TPSA) is 73.6 Å². The van der Waals surface area contributed by atoms with Crippen LogP contribution < -0.4 is 14.8 Å². The normalized spacial score (nSPS) is 10.7. The maximum absolute atomic E-state index is 5.84. The first kappa shape index (κ1) is 18.6. The Morgan fingerprint density at radius 1 is 0.839 bits per heavy atom. The van der Waals surface area contributed by atoms with Crippen molar-refractivity contribution in [3.63, 3.8) is 0 Å². The van der Waals surface area contributed by atoms with Crippen LogP contribution in [0.5, 0.6) is 17.2 Å². The Morgan fingerprint density at radius 2 is 1.65 bits per heavy atom. The second kappa shape index (κ2) is 8.16. The molecule has 1 N–H and O–H groups in total. The lowest BCUT2D eigenvalue weighted by atomic mass is 10.1. The molecule has 2 aromatic carbocycles. The summed E-state index contributed by atoms with van der Waals surface area (Å²) < 4.78 is 12.9. The number of fused-ring (bicyclic) bond motifs is 1. The number of methoxy groups -OCH3 is 1. The molecule has 31 heavy (non-hydrogen) atoms. The van der Waals surface area contributed by atoms with Gasteiger partial charge in [0.25, 0.3) is 0 Å². The van der Waals surface area contributed by atoms with E-state index in [4.69, 9.17) is 14.5 Å². The molecule has 5 aromatic rings. The molecule has 7 heteroatoms. The van der Waals surface area contributed by atoms with Crippen molar-refractivity contribution in [2.75, 3.05) is 12.4 Å². The van der Waals surface area contributed by atoms with Crippen molar-refractivity contribution in [3.8, 4) is 28.4 Å². The van der Waals surface area contributed by atoms with Crippen LogP contribution in [-0.2, 0) is 0 Å². The van der Waals surface area contributed by atoms with Crippen molar-refractivity contribution in [2.24, 2.45) is 0 Å². The van der Waals surface area contributed by atoms with Crippen molar-refractivity contribution in [2.45, 2.75) is 0 Å². The van der Waals surface area contributed by atoms with Gasteiger partial charge in [0.05, 0.1) is 19.5 Å². The van der Waals surface area contributed by atoms with Crippen LogP contribution in [0.3, 0.4) is 0 Å². The van der Waals surface area contributed by atoms with E-state index in [1.165, 1.54) is 0 Å². The minimum absolute atomic E-state index is 0.684. The number of nitrogens with zero attached hydrogens (tertiary/aromatic N) is 4. The summed E-state index contributed by atoms with van der Waals surface area (Å²) in [6.07, 6.45) is 7.08. The van der Waals surface area contributed by atoms with Crippen molar-refractivity contribution in [1.29, 1.82) is 0 Å². The predicted molar refractivity (Wildman–Crippen MR) is 119 cm³/mol. The molecule has 3 aromatic heterocycles.